The van der Waals surface area contributed by atoms with Crippen molar-refractivity contribution >= 4 is 22.1 Å². The van der Waals surface area contributed by atoms with Gasteiger partial charge in [0.25, 0.3) is 0 Å². The summed E-state index contributed by atoms with van der Waals surface area (Å²) in [6.07, 6.45) is -0.632. The minimum absolute atomic E-state index is 0.327. The Bertz CT molecular complexity index is 895. The van der Waals surface area contributed by atoms with Gasteiger partial charge in [0.1, 0.15) is 6.10 Å². The molecule has 0 radical (unpaired) electrons. The molecular weight excluding hydrogens is 286 g/mol. The maximum absolute atomic E-state index is 10.4. The third-order valence-electron chi connectivity index (χ3n) is 4.11. The van der Waals surface area contributed by atoms with Crippen molar-refractivity contribution in [2.24, 2.45) is 5.11 Å². The lowest BCUT2D eigenvalue weighted by Gasteiger charge is -2.21. The summed E-state index contributed by atoms with van der Waals surface area (Å²) in [6.45, 7) is 2.36. The number of hydrogen-bond acceptors (Lipinski definition) is 2. The Kier molecular flexibility index (Phi) is 3.32. The Balaban J connectivity index is 1.65. The van der Waals surface area contributed by atoms with Crippen LogP contribution in [0.25, 0.3) is 16.2 Å². The molecule has 4 heteroatoms. The average molecular weight is 303 g/mol. The molecule has 0 aromatic heterocycles. The van der Waals surface area contributed by atoms with Gasteiger partial charge < -0.3 is 5.11 Å². The smallest absolute Gasteiger partial charge is 0.192 e. The first-order chi connectivity index (χ1) is 11.2. The van der Waals surface area contributed by atoms with Crippen LogP contribution in [-0.2, 0) is 0 Å². The van der Waals surface area contributed by atoms with E-state index >= 15 is 0 Å². The van der Waals surface area contributed by atoms with Gasteiger partial charge in [-0.3, -0.25) is 0 Å². The first-order valence-electron chi connectivity index (χ1n) is 7.68. The topological polar surface area (TPSA) is 49.7 Å². The second-order valence-corrected chi connectivity index (χ2v) is 5.83. The number of hydrogen-bond donors (Lipinski definition) is 1. The molecule has 0 bridgehead atoms. The standard InChI is InChI=1S/C19H17N3O/c1-13-8-10-14(11-9-13)18(23)12-22-20-16-6-2-4-15-5-3-7-17(21-22)19(15)16/h2-11,18,23H,12H2,1H3. The summed E-state index contributed by atoms with van der Waals surface area (Å²) in [5.41, 5.74) is 8.39. The molecule has 1 N–H and O–H groups in total. The van der Waals surface area contributed by atoms with Gasteiger partial charge in [-0.15, -0.1) is 0 Å². The number of β-amino-alcohol motifs (C(OH)–C–C–N with tert-alkyl or cyclic N) is 1. The lowest BCUT2D eigenvalue weighted by molar-refractivity contribution is -0.548. The van der Waals surface area contributed by atoms with Gasteiger partial charge in [-0.05, 0) is 23.3 Å². The Labute approximate surface area is 134 Å². The van der Waals surface area contributed by atoms with Crippen molar-refractivity contribution in [2.75, 3.05) is 6.54 Å². The van der Waals surface area contributed by atoms with Crippen molar-refractivity contribution in [2.45, 2.75) is 13.0 Å². The highest BCUT2D eigenvalue weighted by atomic mass is 16.3. The third kappa shape index (κ3) is 2.58. The van der Waals surface area contributed by atoms with Crippen LogP contribution < -0.4 is 0 Å². The number of aryl methyl sites for hydroxylation is 1. The van der Waals surface area contributed by atoms with Crippen LogP contribution in [0.1, 0.15) is 17.2 Å². The van der Waals surface area contributed by atoms with E-state index in [0.717, 1.165) is 27.7 Å². The van der Waals surface area contributed by atoms with E-state index in [-0.39, 0.29) is 0 Å². The largest absolute Gasteiger partial charge is 0.382 e. The van der Waals surface area contributed by atoms with E-state index in [0.29, 0.717) is 6.54 Å². The predicted molar refractivity (Wildman–Crippen MR) is 90.3 cm³/mol. The van der Waals surface area contributed by atoms with Crippen molar-refractivity contribution in [1.82, 2.24) is 0 Å². The van der Waals surface area contributed by atoms with Crippen molar-refractivity contribution in [3.05, 3.63) is 77.2 Å². The molecule has 0 aliphatic carbocycles. The van der Waals surface area contributed by atoms with Gasteiger partial charge in [0, 0.05) is 11.4 Å². The maximum atomic E-state index is 10.4. The molecule has 4 nitrogen and oxygen atoms in total. The predicted octanol–water partition coefficient (Wildman–Crippen LogP) is 4.91. The number of azo groups is 1. The molecule has 1 aliphatic heterocycles. The lowest BCUT2D eigenvalue weighted by atomic mass is 10.1. The van der Waals surface area contributed by atoms with E-state index in [1.807, 2.05) is 55.5 Å². The highest BCUT2D eigenvalue weighted by molar-refractivity contribution is 6.02. The number of nitrogens with zero attached hydrogens (tertiary/aromatic N) is 3. The second-order valence-electron chi connectivity index (χ2n) is 5.83. The molecule has 0 spiro atoms. The summed E-state index contributed by atoms with van der Waals surface area (Å²) in [5.74, 6) is 0. The van der Waals surface area contributed by atoms with E-state index in [4.69, 9.17) is 0 Å². The summed E-state index contributed by atoms with van der Waals surface area (Å²) < 4.78 is 0. The summed E-state index contributed by atoms with van der Waals surface area (Å²) in [6, 6.07) is 19.9. The zero-order valence-corrected chi connectivity index (χ0v) is 12.8. The zero-order valence-electron chi connectivity index (χ0n) is 12.8. The van der Waals surface area contributed by atoms with Crippen LogP contribution in [0.2, 0.25) is 0 Å². The molecule has 0 amide bonds. The Morgan fingerprint density at radius 3 is 2.57 bits per heavy atom. The highest BCUT2D eigenvalue weighted by Crippen LogP contribution is 2.40. The van der Waals surface area contributed by atoms with Crippen LogP contribution in [-0.4, -0.2) is 16.5 Å². The number of benzene rings is 3. The van der Waals surface area contributed by atoms with Crippen LogP contribution >= 0.6 is 0 Å². The quantitative estimate of drug-likeness (QED) is 0.686. The zero-order chi connectivity index (χ0) is 15.8. The normalized spacial score (nSPS) is 14.3. The Morgan fingerprint density at radius 2 is 1.78 bits per heavy atom. The number of aliphatic hydroxyl groups excluding tert-OH is 1. The van der Waals surface area contributed by atoms with Crippen molar-refractivity contribution in [1.29, 1.82) is 0 Å². The molecule has 1 heterocycles. The van der Waals surface area contributed by atoms with Gasteiger partial charge in [0.15, 0.2) is 6.54 Å². The van der Waals surface area contributed by atoms with Gasteiger partial charge in [-0.25, -0.2) is 0 Å². The van der Waals surface area contributed by atoms with E-state index in [1.54, 1.807) is 4.81 Å². The molecule has 1 aliphatic rings. The molecule has 1 unspecified atom stereocenters. The van der Waals surface area contributed by atoms with Gasteiger partial charge in [0.05, 0.1) is 0 Å². The monoisotopic (exact) mass is 303 g/mol. The lowest BCUT2D eigenvalue weighted by Crippen LogP contribution is -2.15. The second kappa shape index (κ2) is 5.48. The molecule has 0 saturated heterocycles. The van der Waals surface area contributed by atoms with Gasteiger partial charge in [-0.2, -0.15) is 15.3 Å². The molecule has 114 valence electrons. The Hall–Kier alpha value is -2.72. The fourth-order valence-corrected chi connectivity index (χ4v) is 2.87. The molecule has 0 fully saturated rings. The number of aliphatic hydroxyl groups is 1. The van der Waals surface area contributed by atoms with E-state index in [9.17, 15) is 5.11 Å². The summed E-state index contributed by atoms with van der Waals surface area (Å²) in [4.78, 5) is 1.58. The Morgan fingerprint density at radius 1 is 1.04 bits per heavy atom. The SMILES string of the molecule is Cc1ccc(C(O)C[N+]2=Nc3cccc4cccc(c34)[N-]2)cc1. The first kappa shape index (κ1) is 13.9. The summed E-state index contributed by atoms with van der Waals surface area (Å²) in [5, 5.41) is 17.2. The minimum atomic E-state index is -0.632. The van der Waals surface area contributed by atoms with Gasteiger partial charge in [-0.1, -0.05) is 66.2 Å². The van der Waals surface area contributed by atoms with Crippen LogP contribution in [0.5, 0.6) is 0 Å². The maximum Gasteiger partial charge on any atom is 0.192 e. The van der Waals surface area contributed by atoms with E-state index in [2.05, 4.69) is 22.7 Å². The summed E-state index contributed by atoms with van der Waals surface area (Å²) >= 11 is 0. The van der Waals surface area contributed by atoms with Crippen molar-refractivity contribution < 1.29 is 9.91 Å². The molecule has 0 saturated carbocycles. The average Bonchev–Trinajstić information content (AvgIpc) is 2.56. The van der Waals surface area contributed by atoms with Crippen LogP contribution in [0.3, 0.4) is 0 Å². The van der Waals surface area contributed by atoms with Gasteiger partial charge >= 0.3 is 0 Å². The van der Waals surface area contributed by atoms with Crippen LogP contribution in [0.4, 0.5) is 11.4 Å². The molecule has 1 atom stereocenters. The third-order valence-corrected chi connectivity index (χ3v) is 4.11. The molecule has 23 heavy (non-hydrogen) atoms. The van der Waals surface area contributed by atoms with E-state index < -0.39 is 6.10 Å². The number of rotatable bonds is 3. The van der Waals surface area contributed by atoms with Crippen molar-refractivity contribution in [3.63, 3.8) is 0 Å². The van der Waals surface area contributed by atoms with E-state index in [1.165, 1.54) is 5.56 Å². The fourth-order valence-electron chi connectivity index (χ4n) is 2.87. The van der Waals surface area contributed by atoms with Crippen LogP contribution in [0.15, 0.2) is 65.8 Å². The molecule has 3 aromatic rings. The summed E-state index contributed by atoms with van der Waals surface area (Å²) in [7, 11) is 0. The molecular formula is C19H17N3O. The minimum Gasteiger partial charge on any atom is -0.382 e. The first-order valence-corrected chi connectivity index (χ1v) is 7.68. The fraction of sp³-hybridized carbons (Fsp3) is 0.158. The highest BCUT2D eigenvalue weighted by Gasteiger charge is 2.17. The van der Waals surface area contributed by atoms with Gasteiger partial charge in [0.2, 0.25) is 0 Å². The van der Waals surface area contributed by atoms with Crippen LogP contribution in [0, 0.1) is 6.92 Å². The van der Waals surface area contributed by atoms with Crippen molar-refractivity contribution in [3.8, 4) is 0 Å². The molecule has 4 rings (SSSR count). The molecule has 3 aromatic carbocycles.